The SMILES string of the molecule is O=C(O)CCC1CCCSS1. The molecule has 1 N–H and O–H groups in total. The van der Waals surface area contributed by atoms with E-state index in [1.807, 2.05) is 21.6 Å². The highest BCUT2D eigenvalue weighted by molar-refractivity contribution is 8.77. The minimum atomic E-state index is -0.666. The highest BCUT2D eigenvalue weighted by Crippen LogP contribution is 2.37. The van der Waals surface area contributed by atoms with Crippen molar-refractivity contribution in [3.63, 3.8) is 0 Å². The molecule has 4 heteroatoms. The second kappa shape index (κ2) is 4.93. The molecule has 11 heavy (non-hydrogen) atoms. The van der Waals surface area contributed by atoms with Crippen LogP contribution in [0.2, 0.25) is 0 Å². The zero-order chi connectivity index (χ0) is 8.10. The summed E-state index contributed by atoms with van der Waals surface area (Å²) >= 11 is 0. The van der Waals surface area contributed by atoms with E-state index in [-0.39, 0.29) is 0 Å². The Labute approximate surface area is 74.5 Å². The predicted octanol–water partition coefficient (Wildman–Crippen LogP) is 2.40. The van der Waals surface area contributed by atoms with Crippen molar-refractivity contribution in [1.82, 2.24) is 0 Å². The quantitative estimate of drug-likeness (QED) is 0.697. The normalized spacial score (nSPS) is 24.9. The lowest BCUT2D eigenvalue weighted by Gasteiger charge is -2.18. The van der Waals surface area contributed by atoms with Gasteiger partial charge in [0.2, 0.25) is 0 Å². The van der Waals surface area contributed by atoms with Crippen molar-refractivity contribution < 1.29 is 9.90 Å². The van der Waals surface area contributed by atoms with Crippen molar-refractivity contribution in [2.75, 3.05) is 5.75 Å². The van der Waals surface area contributed by atoms with Crippen molar-refractivity contribution in [3.8, 4) is 0 Å². The fraction of sp³-hybridized carbons (Fsp3) is 0.857. The molecule has 1 rings (SSSR count). The van der Waals surface area contributed by atoms with E-state index in [2.05, 4.69) is 0 Å². The van der Waals surface area contributed by atoms with Gasteiger partial charge >= 0.3 is 5.97 Å². The van der Waals surface area contributed by atoms with Gasteiger partial charge in [0.15, 0.2) is 0 Å². The van der Waals surface area contributed by atoms with Crippen LogP contribution in [0.1, 0.15) is 25.7 Å². The first-order valence-corrected chi connectivity index (χ1v) is 6.17. The lowest BCUT2D eigenvalue weighted by molar-refractivity contribution is -0.137. The van der Waals surface area contributed by atoms with Gasteiger partial charge in [0, 0.05) is 17.4 Å². The molecule has 0 aromatic carbocycles. The molecule has 0 spiro atoms. The molecule has 0 amide bonds. The number of hydrogen-bond acceptors (Lipinski definition) is 3. The average Bonchev–Trinajstić information content (AvgIpc) is 2.03. The smallest absolute Gasteiger partial charge is 0.303 e. The Hall–Kier alpha value is 0.170. The van der Waals surface area contributed by atoms with E-state index >= 15 is 0 Å². The predicted molar refractivity (Wildman–Crippen MR) is 49.9 cm³/mol. The molecule has 0 aliphatic carbocycles. The topological polar surface area (TPSA) is 37.3 Å². The molecule has 0 aromatic heterocycles. The first kappa shape index (κ1) is 9.26. The third kappa shape index (κ3) is 3.91. The van der Waals surface area contributed by atoms with Crippen LogP contribution < -0.4 is 0 Å². The molecular weight excluding hydrogens is 180 g/mol. The molecule has 1 fully saturated rings. The molecule has 1 aliphatic heterocycles. The van der Waals surface area contributed by atoms with Gasteiger partial charge in [-0.15, -0.1) is 0 Å². The molecule has 0 saturated carbocycles. The Morgan fingerprint density at radius 3 is 3.00 bits per heavy atom. The van der Waals surface area contributed by atoms with Crippen LogP contribution in [0.25, 0.3) is 0 Å². The molecule has 1 saturated heterocycles. The largest absolute Gasteiger partial charge is 0.481 e. The van der Waals surface area contributed by atoms with Gasteiger partial charge in [-0.05, 0) is 19.3 Å². The van der Waals surface area contributed by atoms with E-state index in [1.165, 1.54) is 18.6 Å². The van der Waals surface area contributed by atoms with Crippen LogP contribution in [-0.4, -0.2) is 22.1 Å². The molecule has 0 radical (unpaired) electrons. The van der Waals surface area contributed by atoms with Crippen LogP contribution in [-0.2, 0) is 4.79 Å². The monoisotopic (exact) mass is 192 g/mol. The lowest BCUT2D eigenvalue weighted by atomic mass is 10.1. The zero-order valence-electron chi connectivity index (χ0n) is 6.28. The summed E-state index contributed by atoms with van der Waals surface area (Å²) in [6, 6.07) is 0. The van der Waals surface area contributed by atoms with Gasteiger partial charge in [-0.3, -0.25) is 4.79 Å². The third-order valence-corrected chi connectivity index (χ3v) is 4.70. The van der Waals surface area contributed by atoms with Crippen molar-refractivity contribution >= 4 is 27.6 Å². The van der Waals surface area contributed by atoms with E-state index in [1.54, 1.807) is 0 Å². The number of aliphatic carboxylic acids is 1. The van der Waals surface area contributed by atoms with E-state index < -0.39 is 5.97 Å². The van der Waals surface area contributed by atoms with E-state index in [0.29, 0.717) is 11.7 Å². The van der Waals surface area contributed by atoms with Crippen LogP contribution in [0.4, 0.5) is 0 Å². The number of carboxylic acid groups (broad SMARTS) is 1. The maximum absolute atomic E-state index is 10.2. The van der Waals surface area contributed by atoms with Gasteiger partial charge in [-0.25, -0.2) is 0 Å². The first-order valence-electron chi connectivity index (χ1n) is 3.79. The van der Waals surface area contributed by atoms with Crippen molar-refractivity contribution in [3.05, 3.63) is 0 Å². The van der Waals surface area contributed by atoms with Crippen molar-refractivity contribution in [1.29, 1.82) is 0 Å². The Morgan fingerprint density at radius 1 is 1.64 bits per heavy atom. The van der Waals surface area contributed by atoms with Crippen LogP contribution in [0.15, 0.2) is 0 Å². The van der Waals surface area contributed by atoms with E-state index in [9.17, 15) is 4.79 Å². The molecule has 1 heterocycles. The Kier molecular flexibility index (Phi) is 4.15. The van der Waals surface area contributed by atoms with Crippen LogP contribution in [0.5, 0.6) is 0 Å². The van der Waals surface area contributed by atoms with Gasteiger partial charge in [0.25, 0.3) is 0 Å². The number of carbonyl (C=O) groups is 1. The molecular formula is C7H12O2S2. The summed E-state index contributed by atoms with van der Waals surface area (Å²) in [4.78, 5) is 10.2. The van der Waals surface area contributed by atoms with Gasteiger partial charge in [0.1, 0.15) is 0 Å². The summed E-state index contributed by atoms with van der Waals surface area (Å²) in [6.45, 7) is 0. The van der Waals surface area contributed by atoms with Crippen molar-refractivity contribution in [2.24, 2.45) is 0 Å². The number of hydrogen-bond donors (Lipinski definition) is 1. The van der Waals surface area contributed by atoms with Gasteiger partial charge in [0.05, 0.1) is 0 Å². The fourth-order valence-corrected chi connectivity index (χ4v) is 3.89. The summed E-state index contributed by atoms with van der Waals surface area (Å²) in [7, 11) is 3.74. The van der Waals surface area contributed by atoms with Crippen LogP contribution in [0, 0.1) is 0 Å². The average molecular weight is 192 g/mol. The Bertz CT molecular complexity index is 132. The first-order chi connectivity index (χ1) is 5.29. The number of carboxylic acids is 1. The molecule has 0 aromatic rings. The summed E-state index contributed by atoms with van der Waals surface area (Å²) in [6.07, 6.45) is 3.62. The summed E-state index contributed by atoms with van der Waals surface area (Å²) in [5, 5.41) is 9.02. The highest BCUT2D eigenvalue weighted by atomic mass is 33.1. The molecule has 1 atom stereocenters. The fourth-order valence-electron chi connectivity index (χ4n) is 1.04. The maximum atomic E-state index is 10.2. The second-order valence-electron chi connectivity index (χ2n) is 2.61. The summed E-state index contributed by atoms with van der Waals surface area (Å²) < 4.78 is 0. The van der Waals surface area contributed by atoms with E-state index in [4.69, 9.17) is 5.11 Å². The molecule has 64 valence electrons. The van der Waals surface area contributed by atoms with E-state index in [0.717, 1.165) is 6.42 Å². The second-order valence-corrected chi connectivity index (χ2v) is 5.40. The molecule has 0 bridgehead atoms. The number of rotatable bonds is 3. The van der Waals surface area contributed by atoms with Crippen LogP contribution in [0.3, 0.4) is 0 Å². The van der Waals surface area contributed by atoms with Gasteiger partial charge < -0.3 is 5.11 Å². The minimum absolute atomic E-state index is 0.332. The standard InChI is InChI=1S/C7H12O2S2/c8-7(9)4-3-6-2-1-5-10-11-6/h6H,1-5H2,(H,8,9). The molecule has 1 unspecified atom stereocenters. The van der Waals surface area contributed by atoms with Gasteiger partial charge in [-0.1, -0.05) is 21.6 Å². The molecule has 1 aliphatic rings. The minimum Gasteiger partial charge on any atom is -0.481 e. The maximum Gasteiger partial charge on any atom is 0.303 e. The molecule has 2 nitrogen and oxygen atoms in total. The highest BCUT2D eigenvalue weighted by Gasteiger charge is 2.15. The summed E-state index contributed by atoms with van der Waals surface area (Å²) in [5.41, 5.74) is 0. The zero-order valence-corrected chi connectivity index (χ0v) is 7.92. The van der Waals surface area contributed by atoms with Crippen molar-refractivity contribution in [2.45, 2.75) is 30.9 Å². The van der Waals surface area contributed by atoms with Crippen LogP contribution >= 0.6 is 21.6 Å². The third-order valence-electron chi connectivity index (χ3n) is 1.64. The summed E-state index contributed by atoms with van der Waals surface area (Å²) in [5.74, 6) is 0.565. The Balaban J connectivity index is 2.09. The van der Waals surface area contributed by atoms with Gasteiger partial charge in [-0.2, -0.15) is 0 Å². The Morgan fingerprint density at radius 2 is 2.45 bits per heavy atom. The lowest BCUT2D eigenvalue weighted by Crippen LogP contribution is -2.08.